The zero-order chi connectivity index (χ0) is 18.8. The van der Waals surface area contributed by atoms with Gasteiger partial charge in [-0.3, -0.25) is 0 Å². The summed E-state index contributed by atoms with van der Waals surface area (Å²) in [5.41, 5.74) is 3.47. The largest absolute Gasteiger partial charge is 0.493 e. The van der Waals surface area contributed by atoms with Crippen LogP contribution in [-0.2, 0) is 16.7 Å². The van der Waals surface area contributed by atoms with Gasteiger partial charge in [0.2, 0.25) is 0 Å². The summed E-state index contributed by atoms with van der Waals surface area (Å²) in [7, 11) is 0. The van der Waals surface area contributed by atoms with Crippen molar-refractivity contribution >= 4 is 6.21 Å². The Bertz CT molecular complexity index is 736. The third-order valence-corrected chi connectivity index (χ3v) is 3.91. The van der Waals surface area contributed by atoms with E-state index >= 15 is 0 Å². The molecule has 0 aliphatic carbocycles. The summed E-state index contributed by atoms with van der Waals surface area (Å²) in [6.45, 7) is 7.66. The number of hydrogen-bond donors (Lipinski definition) is 0. The minimum Gasteiger partial charge on any atom is -0.493 e. The van der Waals surface area contributed by atoms with Crippen LogP contribution in [0.2, 0.25) is 0 Å². The van der Waals surface area contributed by atoms with Crippen LogP contribution in [0, 0.1) is 11.3 Å². The molecule has 26 heavy (non-hydrogen) atoms. The maximum absolute atomic E-state index is 8.64. The van der Waals surface area contributed by atoms with E-state index in [2.05, 4.69) is 44.1 Å². The molecule has 0 saturated heterocycles. The predicted octanol–water partition coefficient (Wildman–Crippen LogP) is 4.87. The Labute approximate surface area is 156 Å². The fraction of sp³-hybridized carbons (Fsp3) is 0.364. The van der Waals surface area contributed by atoms with Crippen molar-refractivity contribution in [3.05, 3.63) is 65.2 Å². The molecule has 0 bridgehead atoms. The number of rotatable bonds is 8. The van der Waals surface area contributed by atoms with E-state index in [1.54, 1.807) is 6.21 Å². The lowest BCUT2D eigenvalue weighted by molar-refractivity contribution is 0.129. The highest BCUT2D eigenvalue weighted by Crippen LogP contribution is 2.21. The van der Waals surface area contributed by atoms with Crippen LogP contribution in [0.3, 0.4) is 0 Å². The van der Waals surface area contributed by atoms with Crippen molar-refractivity contribution in [1.29, 1.82) is 5.26 Å². The topological polar surface area (TPSA) is 54.6 Å². The third kappa shape index (κ3) is 6.60. The SMILES string of the molecule is CC(C)(C)c1ccc(/C=N/OCCCOc2ccc(CC#N)cc2)cc1. The van der Waals surface area contributed by atoms with Gasteiger partial charge in [0.05, 0.1) is 25.3 Å². The van der Waals surface area contributed by atoms with Gasteiger partial charge in [-0.05, 0) is 34.2 Å². The first kappa shape index (κ1) is 19.5. The standard InChI is InChI=1S/C22H26N2O2/c1-22(2,3)20-9-5-19(6-10-20)17-24-26-16-4-15-25-21-11-7-18(8-12-21)13-14-23/h5-12,17H,4,13,15-16H2,1-3H3/b24-17+. The number of nitrogens with zero attached hydrogens (tertiary/aromatic N) is 2. The fourth-order valence-corrected chi connectivity index (χ4v) is 2.33. The molecule has 0 aliphatic rings. The lowest BCUT2D eigenvalue weighted by Crippen LogP contribution is -2.10. The third-order valence-electron chi connectivity index (χ3n) is 3.91. The highest BCUT2D eigenvalue weighted by Gasteiger charge is 2.12. The lowest BCUT2D eigenvalue weighted by Gasteiger charge is -2.18. The molecule has 0 fully saturated rings. The Morgan fingerprint density at radius 2 is 1.69 bits per heavy atom. The van der Waals surface area contributed by atoms with Crippen molar-refractivity contribution in [3.8, 4) is 11.8 Å². The molecular formula is C22H26N2O2. The molecule has 0 aromatic heterocycles. The van der Waals surface area contributed by atoms with Gasteiger partial charge in [-0.15, -0.1) is 0 Å². The molecule has 0 N–H and O–H groups in total. The molecule has 0 spiro atoms. The number of ether oxygens (including phenoxy) is 1. The van der Waals surface area contributed by atoms with Gasteiger partial charge in [0, 0.05) is 6.42 Å². The van der Waals surface area contributed by atoms with Crippen molar-refractivity contribution in [3.63, 3.8) is 0 Å². The number of oxime groups is 1. The highest BCUT2D eigenvalue weighted by atomic mass is 16.6. The quantitative estimate of drug-likeness (QED) is 0.388. The van der Waals surface area contributed by atoms with Crippen LogP contribution >= 0.6 is 0 Å². The van der Waals surface area contributed by atoms with E-state index < -0.39 is 0 Å². The van der Waals surface area contributed by atoms with E-state index in [4.69, 9.17) is 14.8 Å². The Hall–Kier alpha value is -2.80. The van der Waals surface area contributed by atoms with Gasteiger partial charge in [0.1, 0.15) is 12.4 Å². The molecule has 0 atom stereocenters. The van der Waals surface area contributed by atoms with Crippen molar-refractivity contribution in [2.75, 3.05) is 13.2 Å². The molecule has 2 rings (SSSR count). The molecule has 0 radical (unpaired) electrons. The molecule has 2 aromatic carbocycles. The second-order valence-corrected chi connectivity index (χ2v) is 7.12. The second-order valence-electron chi connectivity index (χ2n) is 7.12. The zero-order valence-corrected chi connectivity index (χ0v) is 15.7. The van der Waals surface area contributed by atoms with E-state index in [1.165, 1.54) is 5.56 Å². The van der Waals surface area contributed by atoms with Gasteiger partial charge in [-0.2, -0.15) is 5.26 Å². The summed E-state index contributed by atoms with van der Waals surface area (Å²) >= 11 is 0. The predicted molar refractivity (Wildman–Crippen MR) is 105 cm³/mol. The number of hydrogen-bond acceptors (Lipinski definition) is 4. The summed E-state index contributed by atoms with van der Waals surface area (Å²) in [5, 5.41) is 12.6. The molecule has 0 unspecified atom stereocenters. The molecule has 0 amide bonds. The first-order valence-corrected chi connectivity index (χ1v) is 8.83. The Morgan fingerprint density at radius 1 is 1.00 bits per heavy atom. The molecule has 2 aromatic rings. The monoisotopic (exact) mass is 350 g/mol. The van der Waals surface area contributed by atoms with Crippen molar-refractivity contribution in [1.82, 2.24) is 0 Å². The first-order valence-electron chi connectivity index (χ1n) is 8.83. The van der Waals surface area contributed by atoms with Gasteiger partial charge in [0.25, 0.3) is 0 Å². The van der Waals surface area contributed by atoms with E-state index in [1.807, 2.05) is 36.4 Å². The second kappa shape index (κ2) is 9.62. The Kier molecular flexibility index (Phi) is 7.23. The molecule has 0 aliphatic heterocycles. The van der Waals surface area contributed by atoms with Gasteiger partial charge in [-0.1, -0.05) is 62.3 Å². The normalized spacial score (nSPS) is 11.3. The smallest absolute Gasteiger partial charge is 0.120 e. The minimum atomic E-state index is 0.155. The maximum atomic E-state index is 8.64. The molecule has 4 nitrogen and oxygen atoms in total. The number of nitriles is 1. The molecule has 4 heteroatoms. The van der Waals surface area contributed by atoms with Crippen LogP contribution in [0.25, 0.3) is 0 Å². The maximum Gasteiger partial charge on any atom is 0.120 e. The molecular weight excluding hydrogens is 324 g/mol. The van der Waals surface area contributed by atoms with Gasteiger partial charge < -0.3 is 9.57 Å². The summed E-state index contributed by atoms with van der Waals surface area (Å²) < 4.78 is 5.63. The van der Waals surface area contributed by atoms with E-state index in [-0.39, 0.29) is 5.41 Å². The van der Waals surface area contributed by atoms with E-state index in [0.29, 0.717) is 19.6 Å². The lowest BCUT2D eigenvalue weighted by atomic mass is 9.87. The highest BCUT2D eigenvalue weighted by molar-refractivity contribution is 5.79. The minimum absolute atomic E-state index is 0.155. The van der Waals surface area contributed by atoms with E-state index in [9.17, 15) is 0 Å². The van der Waals surface area contributed by atoms with Crippen LogP contribution in [0.4, 0.5) is 0 Å². The summed E-state index contributed by atoms with van der Waals surface area (Å²) in [5.74, 6) is 0.800. The van der Waals surface area contributed by atoms with Crippen molar-refractivity contribution in [2.45, 2.75) is 39.0 Å². The van der Waals surface area contributed by atoms with Crippen LogP contribution in [-0.4, -0.2) is 19.4 Å². The fourth-order valence-electron chi connectivity index (χ4n) is 2.33. The average molecular weight is 350 g/mol. The van der Waals surface area contributed by atoms with Gasteiger partial charge in [0.15, 0.2) is 0 Å². The summed E-state index contributed by atoms with van der Waals surface area (Å²) in [6, 6.07) is 18.0. The molecule has 0 heterocycles. The van der Waals surface area contributed by atoms with Crippen molar-refractivity contribution < 1.29 is 9.57 Å². The van der Waals surface area contributed by atoms with E-state index in [0.717, 1.165) is 23.3 Å². The summed E-state index contributed by atoms with van der Waals surface area (Å²) in [6.07, 6.45) is 2.90. The van der Waals surface area contributed by atoms with Crippen LogP contribution in [0.1, 0.15) is 43.9 Å². The molecule has 0 saturated carbocycles. The Balaban J connectivity index is 1.64. The van der Waals surface area contributed by atoms with Crippen LogP contribution in [0.5, 0.6) is 5.75 Å². The van der Waals surface area contributed by atoms with Gasteiger partial charge in [-0.25, -0.2) is 0 Å². The number of benzene rings is 2. The average Bonchev–Trinajstić information content (AvgIpc) is 2.62. The Morgan fingerprint density at radius 3 is 2.31 bits per heavy atom. The zero-order valence-electron chi connectivity index (χ0n) is 15.7. The molecule has 136 valence electrons. The van der Waals surface area contributed by atoms with Crippen LogP contribution in [0.15, 0.2) is 53.7 Å². The van der Waals surface area contributed by atoms with Crippen molar-refractivity contribution in [2.24, 2.45) is 5.16 Å². The van der Waals surface area contributed by atoms with Gasteiger partial charge >= 0.3 is 0 Å². The van der Waals surface area contributed by atoms with Crippen LogP contribution < -0.4 is 4.74 Å². The first-order chi connectivity index (χ1) is 12.5. The summed E-state index contributed by atoms with van der Waals surface area (Å²) in [4.78, 5) is 5.28.